The van der Waals surface area contributed by atoms with Crippen LogP contribution in [0.4, 0.5) is 0 Å². The van der Waals surface area contributed by atoms with Crippen molar-refractivity contribution in [3.63, 3.8) is 0 Å². The van der Waals surface area contributed by atoms with Crippen LogP contribution >= 0.6 is 28.3 Å². The van der Waals surface area contributed by atoms with Gasteiger partial charge in [0.15, 0.2) is 11.5 Å². The van der Waals surface area contributed by atoms with Gasteiger partial charge in [0, 0.05) is 6.04 Å². The summed E-state index contributed by atoms with van der Waals surface area (Å²) in [7, 11) is 3.26. The fourth-order valence-electron chi connectivity index (χ4n) is 1.54. The molecule has 0 radical (unpaired) electrons. The van der Waals surface area contributed by atoms with Crippen LogP contribution in [-0.4, -0.2) is 20.3 Å². The maximum atomic E-state index is 5.93. The van der Waals surface area contributed by atoms with Gasteiger partial charge in [-0.1, -0.05) is 6.92 Å². The van der Waals surface area contributed by atoms with Crippen molar-refractivity contribution in [2.75, 3.05) is 14.2 Å². The minimum atomic E-state index is 0. The van der Waals surface area contributed by atoms with Gasteiger partial charge in [0.1, 0.15) is 0 Å². The van der Waals surface area contributed by atoms with Gasteiger partial charge in [0.2, 0.25) is 0 Å². The molecule has 0 aliphatic rings. The molecule has 5 heteroatoms. The molecule has 0 saturated carbocycles. The highest BCUT2D eigenvalue weighted by Crippen LogP contribution is 2.36. The Labute approximate surface area is 117 Å². The number of ether oxygens (including phenoxy) is 2. The minimum absolute atomic E-state index is 0. The van der Waals surface area contributed by atoms with E-state index in [1.807, 2.05) is 12.1 Å². The largest absolute Gasteiger partial charge is 0.493 e. The lowest BCUT2D eigenvalue weighted by Gasteiger charge is -2.14. The predicted octanol–water partition coefficient (Wildman–Crippen LogP) is 3.17. The number of methoxy groups -OCH3 is 2. The summed E-state index contributed by atoms with van der Waals surface area (Å²) in [4.78, 5) is 0. The minimum Gasteiger partial charge on any atom is -0.493 e. The third-order valence-electron chi connectivity index (χ3n) is 2.52. The number of hydrogen-bond acceptors (Lipinski definition) is 3. The summed E-state index contributed by atoms with van der Waals surface area (Å²) in [6.07, 6.45) is 1.81. The molecule has 1 atom stereocenters. The topological polar surface area (TPSA) is 44.5 Å². The molecule has 1 aromatic carbocycles. The molecule has 0 heterocycles. The predicted molar refractivity (Wildman–Crippen MR) is 76.5 cm³/mol. The van der Waals surface area contributed by atoms with E-state index in [1.54, 1.807) is 14.2 Å². The molecular formula is C12H19BrClNO2. The van der Waals surface area contributed by atoms with Gasteiger partial charge < -0.3 is 15.2 Å². The first-order valence-electron chi connectivity index (χ1n) is 5.28. The SMILES string of the molecule is CCC(N)Cc1cc(Br)c(OC)c(OC)c1.Cl. The van der Waals surface area contributed by atoms with Crippen molar-refractivity contribution in [3.05, 3.63) is 22.2 Å². The lowest BCUT2D eigenvalue weighted by molar-refractivity contribution is 0.352. The van der Waals surface area contributed by atoms with Crippen LogP contribution in [0.5, 0.6) is 11.5 Å². The van der Waals surface area contributed by atoms with Gasteiger partial charge >= 0.3 is 0 Å². The van der Waals surface area contributed by atoms with Gasteiger partial charge in [-0.2, -0.15) is 0 Å². The number of benzene rings is 1. The van der Waals surface area contributed by atoms with E-state index in [2.05, 4.69) is 22.9 Å². The summed E-state index contributed by atoms with van der Waals surface area (Å²) in [5, 5.41) is 0. The highest BCUT2D eigenvalue weighted by Gasteiger charge is 2.11. The van der Waals surface area contributed by atoms with Gasteiger partial charge in [-0.15, -0.1) is 12.4 Å². The van der Waals surface area contributed by atoms with Crippen molar-refractivity contribution >= 4 is 28.3 Å². The maximum absolute atomic E-state index is 5.93. The molecule has 0 bridgehead atoms. The third-order valence-corrected chi connectivity index (χ3v) is 3.10. The highest BCUT2D eigenvalue weighted by atomic mass is 79.9. The first-order chi connectivity index (χ1) is 7.62. The number of halogens is 2. The molecule has 0 aliphatic carbocycles. The summed E-state index contributed by atoms with van der Waals surface area (Å²) in [5.41, 5.74) is 7.08. The molecule has 0 spiro atoms. The summed E-state index contributed by atoms with van der Waals surface area (Å²) >= 11 is 3.46. The van der Waals surface area contributed by atoms with Crippen LogP contribution in [0.15, 0.2) is 16.6 Å². The molecule has 17 heavy (non-hydrogen) atoms. The van der Waals surface area contributed by atoms with Crippen molar-refractivity contribution in [2.45, 2.75) is 25.8 Å². The van der Waals surface area contributed by atoms with E-state index in [1.165, 1.54) is 0 Å². The zero-order chi connectivity index (χ0) is 12.1. The first-order valence-corrected chi connectivity index (χ1v) is 6.07. The average Bonchev–Trinajstić information content (AvgIpc) is 2.28. The molecule has 3 nitrogen and oxygen atoms in total. The quantitative estimate of drug-likeness (QED) is 0.905. The second-order valence-electron chi connectivity index (χ2n) is 3.69. The average molecular weight is 325 g/mol. The van der Waals surface area contributed by atoms with E-state index >= 15 is 0 Å². The van der Waals surface area contributed by atoms with Gasteiger partial charge in [0.25, 0.3) is 0 Å². The van der Waals surface area contributed by atoms with Crippen LogP contribution in [0.1, 0.15) is 18.9 Å². The molecule has 0 aliphatic heterocycles. The van der Waals surface area contributed by atoms with Crippen LogP contribution in [0.3, 0.4) is 0 Å². The summed E-state index contributed by atoms with van der Waals surface area (Å²) < 4.78 is 11.4. The summed E-state index contributed by atoms with van der Waals surface area (Å²) in [5.74, 6) is 1.45. The second kappa shape index (κ2) is 7.80. The standard InChI is InChI=1S/C12H18BrNO2.ClH/c1-4-9(14)5-8-6-10(13)12(16-3)11(7-8)15-2;/h6-7,9H,4-5,14H2,1-3H3;1H. The Hall–Kier alpha value is -0.450. The van der Waals surface area contributed by atoms with E-state index in [0.29, 0.717) is 0 Å². The Morgan fingerprint density at radius 3 is 2.41 bits per heavy atom. The van der Waals surface area contributed by atoms with Crippen molar-refractivity contribution in [3.8, 4) is 11.5 Å². The Kier molecular flexibility index (Phi) is 7.59. The number of nitrogens with two attached hydrogens (primary N) is 1. The van der Waals surface area contributed by atoms with Gasteiger partial charge in [-0.05, 0) is 46.5 Å². The van der Waals surface area contributed by atoms with E-state index in [-0.39, 0.29) is 18.4 Å². The number of hydrogen-bond donors (Lipinski definition) is 1. The van der Waals surface area contributed by atoms with Crippen LogP contribution in [-0.2, 0) is 6.42 Å². The molecule has 0 fully saturated rings. The van der Waals surface area contributed by atoms with Crippen molar-refractivity contribution in [1.82, 2.24) is 0 Å². The highest BCUT2D eigenvalue weighted by molar-refractivity contribution is 9.10. The lowest BCUT2D eigenvalue weighted by atomic mass is 10.0. The molecule has 1 aromatic rings. The first kappa shape index (κ1) is 16.6. The molecule has 0 saturated heterocycles. The van der Waals surface area contributed by atoms with Crippen LogP contribution in [0.25, 0.3) is 0 Å². The Bertz CT molecular complexity index is 361. The van der Waals surface area contributed by atoms with Gasteiger partial charge in [-0.3, -0.25) is 0 Å². The van der Waals surface area contributed by atoms with Crippen molar-refractivity contribution < 1.29 is 9.47 Å². The molecule has 2 N–H and O–H groups in total. The van der Waals surface area contributed by atoms with E-state index in [9.17, 15) is 0 Å². The van der Waals surface area contributed by atoms with Crippen molar-refractivity contribution in [1.29, 1.82) is 0 Å². The molecule has 1 unspecified atom stereocenters. The fraction of sp³-hybridized carbons (Fsp3) is 0.500. The van der Waals surface area contributed by atoms with E-state index in [4.69, 9.17) is 15.2 Å². The second-order valence-corrected chi connectivity index (χ2v) is 4.54. The molecular weight excluding hydrogens is 305 g/mol. The lowest BCUT2D eigenvalue weighted by Crippen LogP contribution is -2.21. The fourth-order valence-corrected chi connectivity index (χ4v) is 2.19. The van der Waals surface area contributed by atoms with Gasteiger partial charge in [0.05, 0.1) is 18.7 Å². The van der Waals surface area contributed by atoms with Crippen LogP contribution in [0, 0.1) is 0 Å². The van der Waals surface area contributed by atoms with Crippen LogP contribution < -0.4 is 15.2 Å². The van der Waals surface area contributed by atoms with Gasteiger partial charge in [-0.25, -0.2) is 0 Å². The molecule has 0 amide bonds. The molecule has 0 aromatic heterocycles. The number of rotatable bonds is 5. The van der Waals surface area contributed by atoms with Crippen LogP contribution in [0.2, 0.25) is 0 Å². The monoisotopic (exact) mass is 323 g/mol. The Balaban J connectivity index is 0.00000256. The zero-order valence-corrected chi connectivity index (χ0v) is 12.7. The normalized spacial score (nSPS) is 11.6. The third kappa shape index (κ3) is 4.37. The maximum Gasteiger partial charge on any atom is 0.174 e. The Morgan fingerprint density at radius 1 is 1.29 bits per heavy atom. The van der Waals surface area contributed by atoms with E-state index < -0.39 is 0 Å². The smallest absolute Gasteiger partial charge is 0.174 e. The summed E-state index contributed by atoms with van der Waals surface area (Å²) in [6.45, 7) is 2.08. The summed E-state index contributed by atoms with van der Waals surface area (Å²) in [6, 6.07) is 4.18. The Morgan fingerprint density at radius 2 is 1.94 bits per heavy atom. The van der Waals surface area contributed by atoms with Crippen molar-refractivity contribution in [2.24, 2.45) is 5.73 Å². The zero-order valence-electron chi connectivity index (χ0n) is 10.3. The van der Waals surface area contributed by atoms with E-state index in [0.717, 1.165) is 34.4 Å². The molecule has 1 rings (SSSR count). The molecule has 98 valence electrons.